The van der Waals surface area contributed by atoms with Gasteiger partial charge in [-0.05, 0) is 55.4 Å². The van der Waals surface area contributed by atoms with E-state index >= 15 is 0 Å². The monoisotopic (exact) mass is 411 g/mol. The molecule has 30 heavy (non-hydrogen) atoms. The smallest absolute Gasteiger partial charge is 0.266 e. The van der Waals surface area contributed by atoms with Crippen LogP contribution in [0.15, 0.2) is 41.2 Å². The van der Waals surface area contributed by atoms with Crippen LogP contribution < -0.4 is 5.56 Å². The van der Waals surface area contributed by atoms with Crippen LogP contribution in [0.2, 0.25) is 0 Å². The summed E-state index contributed by atoms with van der Waals surface area (Å²) in [6.45, 7) is 8.24. The number of halogens is 1. The van der Waals surface area contributed by atoms with Crippen LogP contribution in [0, 0.1) is 11.7 Å². The van der Waals surface area contributed by atoms with Crippen molar-refractivity contribution in [2.75, 3.05) is 13.1 Å². The molecule has 0 unspecified atom stereocenters. The first kappa shape index (κ1) is 20.8. The molecule has 0 atom stereocenters. The molecule has 160 valence electrons. The second kappa shape index (κ2) is 7.64. The summed E-state index contributed by atoms with van der Waals surface area (Å²) in [5.41, 5.74) is 1.19. The maximum absolute atomic E-state index is 13.3. The van der Waals surface area contributed by atoms with Gasteiger partial charge in [-0.2, -0.15) is 5.10 Å². The summed E-state index contributed by atoms with van der Waals surface area (Å²) in [5.74, 6) is 0.218. The van der Waals surface area contributed by atoms with Crippen molar-refractivity contribution in [3.05, 3.63) is 63.8 Å². The molecule has 0 N–H and O–H groups in total. The zero-order valence-corrected chi connectivity index (χ0v) is 18.0. The first-order valence-corrected chi connectivity index (χ1v) is 10.8. The first-order chi connectivity index (χ1) is 14.2. The van der Waals surface area contributed by atoms with E-state index in [2.05, 4.69) is 25.9 Å². The number of hydrogen-bond acceptors (Lipinski definition) is 3. The summed E-state index contributed by atoms with van der Waals surface area (Å²) in [6.07, 6.45) is 3.38. The van der Waals surface area contributed by atoms with Gasteiger partial charge in [0.25, 0.3) is 5.56 Å². The molecule has 6 heteroatoms. The summed E-state index contributed by atoms with van der Waals surface area (Å²) in [7, 11) is 0. The Labute approximate surface area is 176 Å². The largest absolute Gasteiger partial charge is 0.342 e. The third-order valence-electron chi connectivity index (χ3n) is 6.52. The highest BCUT2D eigenvalue weighted by molar-refractivity contribution is 5.91. The molecule has 0 radical (unpaired) electrons. The van der Waals surface area contributed by atoms with Crippen LogP contribution in [0.1, 0.15) is 57.7 Å². The number of rotatable bonds is 4. The highest BCUT2D eigenvalue weighted by Crippen LogP contribution is 2.50. The average Bonchev–Trinajstić information content (AvgIpc) is 3.51. The van der Waals surface area contributed by atoms with E-state index in [1.54, 1.807) is 22.9 Å². The van der Waals surface area contributed by atoms with Crippen molar-refractivity contribution in [3.63, 3.8) is 0 Å². The minimum atomic E-state index is -0.458. The second-order valence-corrected chi connectivity index (χ2v) is 9.81. The summed E-state index contributed by atoms with van der Waals surface area (Å²) in [5, 5.41) is 4.58. The van der Waals surface area contributed by atoms with Crippen molar-refractivity contribution in [2.24, 2.45) is 5.92 Å². The predicted octanol–water partition coefficient (Wildman–Crippen LogP) is 3.65. The van der Waals surface area contributed by atoms with Crippen molar-refractivity contribution in [3.8, 4) is 0 Å². The fraction of sp³-hybridized carbons (Fsp3) is 0.542. The number of benzene rings is 1. The van der Waals surface area contributed by atoms with Gasteiger partial charge in [-0.1, -0.05) is 32.9 Å². The molecular weight excluding hydrogens is 381 g/mol. The van der Waals surface area contributed by atoms with Gasteiger partial charge in [-0.25, -0.2) is 9.07 Å². The van der Waals surface area contributed by atoms with E-state index in [4.69, 9.17) is 0 Å². The number of aromatic nitrogens is 2. The quantitative estimate of drug-likeness (QED) is 0.772. The van der Waals surface area contributed by atoms with Gasteiger partial charge in [0.15, 0.2) is 0 Å². The minimum absolute atomic E-state index is 0.0743. The molecule has 1 amide bonds. The van der Waals surface area contributed by atoms with Gasteiger partial charge in [0.05, 0.1) is 11.1 Å². The van der Waals surface area contributed by atoms with Crippen LogP contribution >= 0.6 is 0 Å². The van der Waals surface area contributed by atoms with Crippen molar-refractivity contribution < 1.29 is 9.18 Å². The molecular formula is C24H30FN3O2. The molecule has 0 bridgehead atoms. The molecule has 1 saturated carbocycles. The Bertz CT molecular complexity index is 979. The lowest BCUT2D eigenvalue weighted by atomic mass is 9.91. The fourth-order valence-corrected chi connectivity index (χ4v) is 4.37. The summed E-state index contributed by atoms with van der Waals surface area (Å²) < 4.78 is 14.9. The lowest BCUT2D eigenvalue weighted by molar-refractivity contribution is -0.135. The lowest BCUT2D eigenvalue weighted by Crippen LogP contribution is -2.45. The SMILES string of the molecule is CC(C)(C)c1ccc(=O)n(CC2CCN(C(=O)C3(c4ccc(F)cc4)CC3)CC2)n1. The van der Waals surface area contributed by atoms with E-state index in [9.17, 15) is 14.0 Å². The normalized spacial score (nSPS) is 19.0. The van der Waals surface area contributed by atoms with Crippen molar-refractivity contribution in [1.82, 2.24) is 14.7 Å². The molecule has 1 saturated heterocycles. The van der Waals surface area contributed by atoms with Crippen LogP contribution in [0.5, 0.6) is 0 Å². The molecule has 2 fully saturated rings. The van der Waals surface area contributed by atoms with Crippen LogP contribution in [-0.2, 0) is 22.2 Å². The summed E-state index contributed by atoms with van der Waals surface area (Å²) in [6, 6.07) is 9.77. The molecule has 1 aromatic heterocycles. The highest BCUT2D eigenvalue weighted by Gasteiger charge is 2.53. The molecule has 2 heterocycles. The topological polar surface area (TPSA) is 55.2 Å². The Morgan fingerprint density at radius 3 is 2.30 bits per heavy atom. The Morgan fingerprint density at radius 2 is 1.73 bits per heavy atom. The van der Waals surface area contributed by atoms with Gasteiger partial charge in [-0.15, -0.1) is 0 Å². The average molecular weight is 412 g/mol. The number of carbonyl (C=O) groups is 1. The maximum Gasteiger partial charge on any atom is 0.266 e. The van der Waals surface area contributed by atoms with Crippen molar-refractivity contribution >= 4 is 5.91 Å². The number of likely N-dealkylation sites (tertiary alicyclic amines) is 1. The Kier molecular flexibility index (Phi) is 5.28. The zero-order valence-electron chi connectivity index (χ0n) is 18.0. The molecule has 2 aromatic rings. The van der Waals surface area contributed by atoms with E-state index in [1.807, 2.05) is 11.0 Å². The Balaban J connectivity index is 1.39. The second-order valence-electron chi connectivity index (χ2n) is 9.81. The van der Waals surface area contributed by atoms with Gasteiger partial charge in [0, 0.05) is 31.1 Å². The van der Waals surface area contributed by atoms with E-state index in [0.717, 1.165) is 36.9 Å². The minimum Gasteiger partial charge on any atom is -0.342 e. The number of amides is 1. The molecule has 0 spiro atoms. The van der Waals surface area contributed by atoms with E-state index < -0.39 is 5.41 Å². The van der Waals surface area contributed by atoms with Gasteiger partial charge in [-0.3, -0.25) is 9.59 Å². The van der Waals surface area contributed by atoms with Gasteiger partial charge < -0.3 is 4.90 Å². The standard InChI is InChI=1S/C24H30FN3O2/c1-23(2,3)20-8-9-21(29)28(26-20)16-17-10-14-27(15-11-17)22(30)24(12-13-24)18-4-6-19(25)7-5-18/h4-9,17H,10-16H2,1-3H3. The third kappa shape index (κ3) is 4.05. The first-order valence-electron chi connectivity index (χ1n) is 10.8. The summed E-state index contributed by atoms with van der Waals surface area (Å²) >= 11 is 0. The van der Waals surface area contributed by atoms with E-state index in [-0.39, 0.29) is 22.7 Å². The number of nitrogens with zero attached hydrogens (tertiary/aromatic N) is 3. The maximum atomic E-state index is 13.3. The summed E-state index contributed by atoms with van der Waals surface area (Å²) in [4.78, 5) is 27.4. The molecule has 1 aliphatic carbocycles. The zero-order chi connectivity index (χ0) is 21.5. The number of piperidine rings is 1. The molecule has 2 aliphatic rings. The fourth-order valence-electron chi connectivity index (χ4n) is 4.37. The molecule has 1 aromatic carbocycles. The van der Waals surface area contributed by atoms with Gasteiger partial charge >= 0.3 is 0 Å². The van der Waals surface area contributed by atoms with Crippen LogP contribution in [-0.4, -0.2) is 33.7 Å². The molecule has 1 aliphatic heterocycles. The highest BCUT2D eigenvalue weighted by atomic mass is 19.1. The van der Waals surface area contributed by atoms with Crippen LogP contribution in [0.25, 0.3) is 0 Å². The number of hydrogen-bond donors (Lipinski definition) is 0. The van der Waals surface area contributed by atoms with Crippen molar-refractivity contribution in [1.29, 1.82) is 0 Å². The predicted molar refractivity (Wildman–Crippen MR) is 114 cm³/mol. The molecule has 4 rings (SSSR count). The molecule has 5 nitrogen and oxygen atoms in total. The van der Waals surface area contributed by atoms with Crippen LogP contribution in [0.3, 0.4) is 0 Å². The van der Waals surface area contributed by atoms with Crippen molar-refractivity contribution in [2.45, 2.75) is 63.8 Å². The third-order valence-corrected chi connectivity index (χ3v) is 6.52. The van der Waals surface area contributed by atoms with E-state index in [1.165, 1.54) is 12.1 Å². The Hall–Kier alpha value is -2.50. The van der Waals surface area contributed by atoms with Gasteiger partial charge in [0.1, 0.15) is 5.82 Å². The van der Waals surface area contributed by atoms with Crippen LogP contribution in [0.4, 0.5) is 4.39 Å². The number of carbonyl (C=O) groups excluding carboxylic acids is 1. The van der Waals surface area contributed by atoms with E-state index in [0.29, 0.717) is 25.6 Å². The Morgan fingerprint density at radius 1 is 1.10 bits per heavy atom. The lowest BCUT2D eigenvalue weighted by Gasteiger charge is -2.34. The van der Waals surface area contributed by atoms with Gasteiger partial charge in [0.2, 0.25) is 5.91 Å².